The molecule has 2 rings (SSSR count). The highest BCUT2D eigenvalue weighted by atomic mass is 32.1. The predicted octanol–water partition coefficient (Wildman–Crippen LogP) is 1.31. The number of nitrogens with zero attached hydrogens (tertiary/aromatic N) is 4. The summed E-state index contributed by atoms with van der Waals surface area (Å²) in [6.07, 6.45) is 3.74. The van der Waals surface area contributed by atoms with Crippen molar-refractivity contribution in [1.82, 2.24) is 25.3 Å². The van der Waals surface area contributed by atoms with Gasteiger partial charge < -0.3 is 10.1 Å². The molecule has 2 heterocycles. The SMILES string of the molecule is CCOc1nnc(CN[C@@H](C)Cn2cccn2)s1. The van der Waals surface area contributed by atoms with Crippen molar-refractivity contribution >= 4 is 11.3 Å². The summed E-state index contributed by atoms with van der Waals surface area (Å²) in [5.74, 6) is 0. The van der Waals surface area contributed by atoms with E-state index >= 15 is 0 Å². The van der Waals surface area contributed by atoms with Gasteiger partial charge in [0, 0.05) is 18.4 Å². The highest BCUT2D eigenvalue weighted by Crippen LogP contribution is 2.17. The molecular formula is C11H17N5OS. The standard InChI is InChI=1S/C11H17N5OS/c1-3-17-11-15-14-10(18-11)7-12-9(2)8-16-6-4-5-13-16/h4-6,9,12H,3,7-8H2,1-2H3/t9-/m0/s1. The van der Waals surface area contributed by atoms with Crippen molar-refractivity contribution in [2.24, 2.45) is 0 Å². The molecule has 0 amide bonds. The van der Waals surface area contributed by atoms with Crippen molar-refractivity contribution in [2.75, 3.05) is 6.61 Å². The molecule has 0 saturated heterocycles. The third-order valence-corrected chi connectivity index (χ3v) is 3.17. The first-order valence-electron chi connectivity index (χ1n) is 5.94. The molecule has 0 radical (unpaired) electrons. The third-order valence-electron chi connectivity index (χ3n) is 2.34. The maximum absolute atomic E-state index is 5.28. The minimum absolute atomic E-state index is 0.323. The largest absolute Gasteiger partial charge is 0.469 e. The van der Waals surface area contributed by atoms with Crippen LogP contribution < -0.4 is 10.1 Å². The summed E-state index contributed by atoms with van der Waals surface area (Å²) in [6.45, 7) is 6.21. The quantitative estimate of drug-likeness (QED) is 0.819. The Kier molecular flexibility index (Phi) is 4.66. The van der Waals surface area contributed by atoms with Gasteiger partial charge in [0.05, 0.1) is 19.7 Å². The fourth-order valence-electron chi connectivity index (χ4n) is 1.51. The number of nitrogens with one attached hydrogen (secondary N) is 1. The van der Waals surface area contributed by atoms with Crippen LogP contribution in [0.1, 0.15) is 18.9 Å². The van der Waals surface area contributed by atoms with E-state index < -0.39 is 0 Å². The second-order valence-electron chi connectivity index (χ2n) is 3.90. The first-order chi connectivity index (χ1) is 8.78. The van der Waals surface area contributed by atoms with Crippen molar-refractivity contribution in [3.05, 3.63) is 23.5 Å². The molecule has 0 aliphatic rings. The first-order valence-corrected chi connectivity index (χ1v) is 6.75. The van der Waals surface area contributed by atoms with E-state index in [1.807, 2.05) is 23.9 Å². The second-order valence-corrected chi connectivity index (χ2v) is 4.93. The molecule has 2 aromatic heterocycles. The highest BCUT2D eigenvalue weighted by molar-refractivity contribution is 7.13. The zero-order valence-electron chi connectivity index (χ0n) is 10.5. The first kappa shape index (κ1) is 13.0. The Hall–Kier alpha value is -1.47. The van der Waals surface area contributed by atoms with E-state index in [0.29, 0.717) is 24.4 Å². The fraction of sp³-hybridized carbons (Fsp3) is 0.545. The Morgan fingerprint density at radius 2 is 2.39 bits per heavy atom. The van der Waals surface area contributed by atoms with E-state index in [2.05, 4.69) is 27.5 Å². The molecule has 0 unspecified atom stereocenters. The maximum atomic E-state index is 5.28. The van der Waals surface area contributed by atoms with Gasteiger partial charge in [0.1, 0.15) is 5.01 Å². The molecule has 0 aliphatic carbocycles. The predicted molar refractivity (Wildman–Crippen MR) is 69.6 cm³/mol. The van der Waals surface area contributed by atoms with Crippen molar-refractivity contribution < 1.29 is 4.74 Å². The van der Waals surface area contributed by atoms with Gasteiger partial charge in [0.2, 0.25) is 0 Å². The average molecular weight is 267 g/mol. The van der Waals surface area contributed by atoms with Gasteiger partial charge >= 0.3 is 0 Å². The van der Waals surface area contributed by atoms with Crippen LogP contribution >= 0.6 is 11.3 Å². The lowest BCUT2D eigenvalue weighted by molar-refractivity contribution is 0.335. The molecule has 1 atom stereocenters. The molecule has 18 heavy (non-hydrogen) atoms. The minimum Gasteiger partial charge on any atom is -0.469 e. The van der Waals surface area contributed by atoms with Gasteiger partial charge in [-0.1, -0.05) is 11.3 Å². The molecule has 6 nitrogen and oxygen atoms in total. The maximum Gasteiger partial charge on any atom is 0.294 e. The monoisotopic (exact) mass is 267 g/mol. The molecule has 1 N–H and O–H groups in total. The number of rotatable bonds is 7. The van der Waals surface area contributed by atoms with Crippen LogP contribution in [0.3, 0.4) is 0 Å². The summed E-state index contributed by atoms with van der Waals surface area (Å²) < 4.78 is 7.19. The molecule has 0 spiro atoms. The molecule has 0 aliphatic heterocycles. The Bertz CT molecular complexity index is 456. The lowest BCUT2D eigenvalue weighted by Crippen LogP contribution is -2.30. The Labute approximate surface area is 110 Å². The van der Waals surface area contributed by atoms with Crippen LogP contribution in [0.15, 0.2) is 18.5 Å². The third kappa shape index (κ3) is 3.78. The molecule has 0 fully saturated rings. The topological polar surface area (TPSA) is 64.9 Å². The Morgan fingerprint density at radius 3 is 3.11 bits per heavy atom. The lowest BCUT2D eigenvalue weighted by Gasteiger charge is -2.12. The molecule has 98 valence electrons. The van der Waals surface area contributed by atoms with E-state index in [-0.39, 0.29) is 0 Å². The van der Waals surface area contributed by atoms with Gasteiger partial charge in [-0.2, -0.15) is 5.10 Å². The molecule has 7 heteroatoms. The second kappa shape index (κ2) is 6.46. The molecule has 0 saturated carbocycles. The molecular weight excluding hydrogens is 250 g/mol. The normalized spacial score (nSPS) is 12.6. The molecule has 2 aromatic rings. The van der Waals surface area contributed by atoms with Gasteiger partial charge in [0.25, 0.3) is 5.19 Å². The molecule has 0 aromatic carbocycles. The number of ether oxygens (including phenoxy) is 1. The van der Waals surface area contributed by atoms with Gasteiger partial charge in [-0.15, -0.1) is 10.2 Å². The van der Waals surface area contributed by atoms with Crippen LogP contribution in [0.5, 0.6) is 5.19 Å². The van der Waals surface area contributed by atoms with Gasteiger partial charge in [-0.05, 0) is 19.9 Å². The van der Waals surface area contributed by atoms with Crippen molar-refractivity contribution in [1.29, 1.82) is 0 Å². The summed E-state index contributed by atoms with van der Waals surface area (Å²) in [6, 6.07) is 2.25. The molecule has 0 bridgehead atoms. The van der Waals surface area contributed by atoms with Crippen molar-refractivity contribution in [2.45, 2.75) is 33.0 Å². The number of aromatic nitrogens is 4. The summed E-state index contributed by atoms with van der Waals surface area (Å²) >= 11 is 1.48. The van der Waals surface area contributed by atoms with E-state index in [1.165, 1.54) is 11.3 Å². The van der Waals surface area contributed by atoms with E-state index in [0.717, 1.165) is 11.6 Å². The zero-order chi connectivity index (χ0) is 12.8. The lowest BCUT2D eigenvalue weighted by atomic mass is 10.3. The van der Waals surface area contributed by atoms with Crippen LogP contribution in [-0.4, -0.2) is 32.6 Å². The average Bonchev–Trinajstić information content (AvgIpc) is 2.99. The van der Waals surface area contributed by atoms with Crippen LogP contribution in [0.25, 0.3) is 0 Å². The van der Waals surface area contributed by atoms with Gasteiger partial charge in [-0.3, -0.25) is 4.68 Å². The van der Waals surface area contributed by atoms with E-state index in [9.17, 15) is 0 Å². The van der Waals surface area contributed by atoms with Gasteiger partial charge in [0.15, 0.2) is 0 Å². The van der Waals surface area contributed by atoms with Gasteiger partial charge in [-0.25, -0.2) is 0 Å². The van der Waals surface area contributed by atoms with Crippen LogP contribution in [0.2, 0.25) is 0 Å². The summed E-state index contributed by atoms with van der Waals surface area (Å²) in [5, 5.41) is 17.1. The van der Waals surface area contributed by atoms with Crippen molar-refractivity contribution in [3.63, 3.8) is 0 Å². The Morgan fingerprint density at radius 1 is 1.50 bits per heavy atom. The number of hydrogen-bond acceptors (Lipinski definition) is 6. The highest BCUT2D eigenvalue weighted by Gasteiger charge is 2.07. The van der Waals surface area contributed by atoms with Crippen LogP contribution in [0.4, 0.5) is 0 Å². The van der Waals surface area contributed by atoms with E-state index in [4.69, 9.17) is 4.74 Å². The summed E-state index contributed by atoms with van der Waals surface area (Å²) in [5.41, 5.74) is 0. The minimum atomic E-state index is 0.323. The fourth-order valence-corrected chi connectivity index (χ4v) is 2.20. The zero-order valence-corrected chi connectivity index (χ0v) is 11.4. The van der Waals surface area contributed by atoms with Crippen LogP contribution in [0, 0.1) is 0 Å². The Balaban J connectivity index is 1.76. The van der Waals surface area contributed by atoms with E-state index in [1.54, 1.807) is 6.20 Å². The number of hydrogen-bond donors (Lipinski definition) is 1. The van der Waals surface area contributed by atoms with Crippen molar-refractivity contribution in [3.8, 4) is 5.19 Å². The smallest absolute Gasteiger partial charge is 0.294 e. The van der Waals surface area contributed by atoms with Crippen LogP contribution in [-0.2, 0) is 13.1 Å². The summed E-state index contributed by atoms with van der Waals surface area (Å²) in [4.78, 5) is 0. The summed E-state index contributed by atoms with van der Waals surface area (Å²) in [7, 11) is 0.